The first-order valence-electron chi connectivity index (χ1n) is 8.57. The van der Waals surface area contributed by atoms with Gasteiger partial charge in [0.1, 0.15) is 11.7 Å². The van der Waals surface area contributed by atoms with Crippen molar-refractivity contribution in [2.24, 2.45) is 10.7 Å². The number of rotatable bonds is 3. The van der Waals surface area contributed by atoms with Crippen LogP contribution in [0.4, 0.5) is 0 Å². The van der Waals surface area contributed by atoms with Crippen LogP contribution >= 0.6 is 15.9 Å². The summed E-state index contributed by atoms with van der Waals surface area (Å²) >= 11 is 3.53. The van der Waals surface area contributed by atoms with Crippen LogP contribution in [0.5, 0.6) is 11.5 Å². The van der Waals surface area contributed by atoms with Gasteiger partial charge in [-0.05, 0) is 45.6 Å². The third kappa shape index (κ3) is 2.72. The van der Waals surface area contributed by atoms with Crippen LogP contribution in [0.15, 0.2) is 44.7 Å². The van der Waals surface area contributed by atoms with E-state index in [2.05, 4.69) is 27.1 Å². The number of nitrogens with two attached hydrogens (primary N) is 1. The summed E-state index contributed by atoms with van der Waals surface area (Å²) in [5, 5.41) is 9.64. The Labute approximate surface area is 170 Å². The van der Waals surface area contributed by atoms with Gasteiger partial charge in [-0.2, -0.15) is 5.26 Å². The van der Waals surface area contributed by atoms with Gasteiger partial charge in [-0.15, -0.1) is 0 Å². The molecule has 144 valence electrons. The van der Waals surface area contributed by atoms with Gasteiger partial charge in [0, 0.05) is 5.92 Å². The van der Waals surface area contributed by atoms with Gasteiger partial charge >= 0.3 is 5.97 Å². The maximum Gasteiger partial charge on any atom is 0.315 e. The number of hydrogen-bond acceptors (Lipinski definition) is 8. The van der Waals surface area contributed by atoms with Crippen LogP contribution in [0.2, 0.25) is 0 Å². The van der Waals surface area contributed by atoms with Gasteiger partial charge in [-0.25, -0.2) is 9.89 Å². The summed E-state index contributed by atoms with van der Waals surface area (Å²) in [6, 6.07) is 3.36. The number of carbonyl (C=O) groups is 1. The van der Waals surface area contributed by atoms with Crippen LogP contribution in [0.1, 0.15) is 24.3 Å². The summed E-state index contributed by atoms with van der Waals surface area (Å²) in [4.78, 5) is 17.5. The number of allylic oxidation sites excluding steroid dienone is 1. The first kappa shape index (κ1) is 18.4. The lowest BCUT2D eigenvalue weighted by Crippen LogP contribution is -2.42. The topological polar surface area (TPSA) is 110 Å². The van der Waals surface area contributed by atoms with Gasteiger partial charge in [0.2, 0.25) is 5.96 Å². The first-order valence-corrected chi connectivity index (χ1v) is 9.36. The highest BCUT2D eigenvalue weighted by Crippen LogP contribution is 2.48. The zero-order valence-electron chi connectivity index (χ0n) is 15.2. The summed E-state index contributed by atoms with van der Waals surface area (Å²) in [5.74, 6) is 1.16. The van der Waals surface area contributed by atoms with Gasteiger partial charge in [-0.1, -0.05) is 6.08 Å². The molecule has 2 atom stereocenters. The Hall–Kier alpha value is -2.99. The number of fused-ring (bicyclic) bond motifs is 2. The molecule has 0 saturated carbocycles. The lowest BCUT2D eigenvalue weighted by Gasteiger charge is -2.35. The third-order valence-electron chi connectivity index (χ3n) is 5.11. The Bertz CT molecular complexity index is 1010. The molecule has 2 heterocycles. The highest BCUT2D eigenvalue weighted by molar-refractivity contribution is 9.10. The number of hydrogen-bond donors (Lipinski definition) is 1. The van der Waals surface area contributed by atoms with Gasteiger partial charge < -0.3 is 19.9 Å². The normalized spacial score (nSPS) is 23.2. The molecule has 28 heavy (non-hydrogen) atoms. The van der Waals surface area contributed by atoms with Gasteiger partial charge in [0.25, 0.3) is 0 Å². The zero-order valence-corrected chi connectivity index (χ0v) is 16.8. The number of esters is 1. The number of benzene rings is 1. The predicted octanol–water partition coefficient (Wildman–Crippen LogP) is 2.52. The minimum absolute atomic E-state index is 0.0856. The molecule has 0 spiro atoms. The Morgan fingerprint density at radius 1 is 1.39 bits per heavy atom. The fourth-order valence-electron chi connectivity index (χ4n) is 3.89. The molecule has 0 aromatic heterocycles. The van der Waals surface area contributed by atoms with E-state index in [0.29, 0.717) is 29.4 Å². The fourth-order valence-corrected chi connectivity index (χ4v) is 4.51. The van der Waals surface area contributed by atoms with Crippen molar-refractivity contribution >= 4 is 27.9 Å². The number of halogens is 1. The molecule has 2 N–H and O–H groups in total. The van der Waals surface area contributed by atoms with Gasteiger partial charge in [-0.3, -0.25) is 4.79 Å². The minimum atomic E-state index is -0.465. The molecule has 3 aliphatic rings. The molecule has 0 amide bonds. The van der Waals surface area contributed by atoms with E-state index in [-0.39, 0.29) is 24.3 Å². The van der Waals surface area contributed by atoms with Gasteiger partial charge in [0.05, 0.1) is 25.1 Å². The molecule has 2 aliphatic heterocycles. The molecule has 1 aliphatic carbocycles. The molecule has 9 heteroatoms. The molecular formula is C19H17BrN4O4. The Balaban J connectivity index is 1.87. The summed E-state index contributed by atoms with van der Waals surface area (Å²) in [5.41, 5.74) is 8.30. The highest BCUT2D eigenvalue weighted by Gasteiger charge is 2.46. The van der Waals surface area contributed by atoms with Crippen LogP contribution in [-0.2, 0) is 9.53 Å². The third-order valence-corrected chi connectivity index (χ3v) is 5.70. The average molecular weight is 445 g/mol. The average Bonchev–Trinajstić information content (AvgIpc) is 3.03. The number of nitrogens with zero attached hydrogens (tertiary/aromatic N) is 3. The van der Waals surface area contributed by atoms with Gasteiger partial charge in [0.15, 0.2) is 23.5 Å². The maximum absolute atomic E-state index is 11.8. The molecule has 0 fully saturated rings. The Morgan fingerprint density at radius 2 is 2.18 bits per heavy atom. The van der Waals surface area contributed by atoms with Crippen molar-refractivity contribution in [3.05, 3.63) is 45.3 Å². The number of ether oxygens (including phenoxy) is 3. The smallest absolute Gasteiger partial charge is 0.315 e. The summed E-state index contributed by atoms with van der Waals surface area (Å²) in [7, 11) is 3.14. The van der Waals surface area contributed by atoms with Crippen molar-refractivity contribution in [1.82, 2.24) is 4.90 Å². The van der Waals surface area contributed by atoms with E-state index in [4.69, 9.17) is 19.9 Å². The van der Waals surface area contributed by atoms with Crippen molar-refractivity contribution < 1.29 is 19.0 Å². The minimum Gasteiger partial charge on any atom is -0.493 e. The van der Waals surface area contributed by atoms with Crippen LogP contribution in [0.25, 0.3) is 0 Å². The molecule has 2 unspecified atom stereocenters. The second-order valence-electron chi connectivity index (χ2n) is 6.56. The number of nitriles is 1. The zero-order chi connectivity index (χ0) is 20.0. The molecule has 0 bridgehead atoms. The van der Waals surface area contributed by atoms with Crippen molar-refractivity contribution in [1.29, 1.82) is 5.26 Å². The van der Waals surface area contributed by atoms with E-state index < -0.39 is 6.04 Å². The monoisotopic (exact) mass is 444 g/mol. The van der Waals surface area contributed by atoms with Crippen LogP contribution < -0.4 is 15.2 Å². The van der Waals surface area contributed by atoms with E-state index in [1.807, 2.05) is 18.2 Å². The molecular weight excluding hydrogens is 428 g/mol. The van der Waals surface area contributed by atoms with Crippen LogP contribution in [0, 0.1) is 11.5 Å². The SMILES string of the molecule is COc1cc(C2CC3=CCC(=O)OC3=C3N=C(N)N(C#N)C32)cc(Br)c1OC. The molecule has 8 nitrogen and oxygen atoms in total. The van der Waals surface area contributed by atoms with Crippen molar-refractivity contribution in [3.63, 3.8) is 0 Å². The summed E-state index contributed by atoms with van der Waals surface area (Å²) in [6.07, 6.45) is 4.73. The molecule has 4 rings (SSSR count). The molecule has 1 aromatic carbocycles. The fraction of sp³-hybridized carbons (Fsp3) is 0.316. The van der Waals surface area contributed by atoms with E-state index in [1.165, 1.54) is 4.90 Å². The second-order valence-corrected chi connectivity index (χ2v) is 7.41. The van der Waals surface area contributed by atoms with Crippen molar-refractivity contribution in [2.75, 3.05) is 14.2 Å². The predicted molar refractivity (Wildman–Crippen MR) is 103 cm³/mol. The quantitative estimate of drug-likeness (QED) is 0.562. The molecule has 1 aromatic rings. The number of carbonyl (C=O) groups excluding carboxylic acids is 1. The van der Waals surface area contributed by atoms with Crippen molar-refractivity contribution in [3.8, 4) is 17.7 Å². The Morgan fingerprint density at radius 3 is 2.86 bits per heavy atom. The lowest BCUT2D eigenvalue weighted by atomic mass is 9.78. The van der Waals surface area contributed by atoms with E-state index in [0.717, 1.165) is 15.6 Å². The maximum atomic E-state index is 11.8. The Kier molecular flexibility index (Phi) is 4.51. The molecule has 0 radical (unpaired) electrons. The second kappa shape index (κ2) is 6.87. The standard InChI is InChI=1S/C19H17BrN4O4/c1-26-13-7-10(6-12(20)18(13)27-2)11-5-9-3-4-14(25)28-17(9)15-16(11)24(8-21)19(22)23-15/h3,6-7,11,16H,4-5H2,1-2H3,(H2,22,23). The van der Waals surface area contributed by atoms with E-state index >= 15 is 0 Å². The van der Waals surface area contributed by atoms with Crippen LogP contribution in [-0.4, -0.2) is 37.1 Å². The van der Waals surface area contributed by atoms with Crippen LogP contribution in [0.3, 0.4) is 0 Å². The van der Waals surface area contributed by atoms with E-state index in [9.17, 15) is 10.1 Å². The van der Waals surface area contributed by atoms with E-state index in [1.54, 1.807) is 14.2 Å². The number of aliphatic imine (C=N–C) groups is 1. The highest BCUT2D eigenvalue weighted by atomic mass is 79.9. The first-order chi connectivity index (χ1) is 13.5. The lowest BCUT2D eigenvalue weighted by molar-refractivity contribution is -0.139. The number of methoxy groups -OCH3 is 2. The molecule has 0 saturated heterocycles. The number of guanidine groups is 1. The summed E-state index contributed by atoms with van der Waals surface area (Å²) in [6.45, 7) is 0. The van der Waals surface area contributed by atoms with Crippen molar-refractivity contribution in [2.45, 2.75) is 24.8 Å². The largest absolute Gasteiger partial charge is 0.493 e. The summed E-state index contributed by atoms with van der Waals surface area (Å²) < 4.78 is 17.1.